The van der Waals surface area contributed by atoms with Crippen LogP contribution >= 0.6 is 0 Å². The highest BCUT2D eigenvalue weighted by Gasteiger charge is 2.25. The summed E-state index contributed by atoms with van der Waals surface area (Å²) in [4.78, 5) is 11.1. The molecule has 0 amide bonds. The van der Waals surface area contributed by atoms with Crippen molar-refractivity contribution in [2.75, 3.05) is 0 Å². The molecule has 18 aromatic carbocycles. The molecular weight excluding hydrogens is 1390 g/mol. The normalized spacial score (nSPS) is 13.5. The number of hydrogen-bond acceptors (Lipinski definition) is 6. The molecule has 1 aliphatic rings. The van der Waals surface area contributed by atoms with Crippen LogP contribution in [0.3, 0.4) is 0 Å². The number of nitrogens with zero attached hydrogens (tertiary/aromatic N) is 5. The third-order valence-corrected chi connectivity index (χ3v) is 24.0. The van der Waals surface area contributed by atoms with Gasteiger partial charge in [0.25, 0.3) is 0 Å². The van der Waals surface area contributed by atoms with Gasteiger partial charge >= 0.3 is 0 Å². The molecule has 0 bridgehead atoms. The van der Waals surface area contributed by atoms with Crippen molar-refractivity contribution in [1.29, 1.82) is 0 Å². The Balaban J connectivity index is 0.586. The van der Waals surface area contributed by atoms with Gasteiger partial charge in [0.1, 0.15) is 45.5 Å². The van der Waals surface area contributed by atoms with Crippen LogP contribution in [-0.4, -0.2) is 25.4 Å². The average Bonchev–Trinajstić information content (AvgIpc) is 1.54. The third kappa shape index (κ3) is 9.66. The fraction of sp³-hybridized carbons (Fsp3) is 0.00952. The minimum atomic E-state index is -0.482. The van der Waals surface area contributed by atoms with Gasteiger partial charge in [-0.15, -0.1) is 0 Å². The molecule has 1 aliphatic heterocycles. The van der Waals surface area contributed by atoms with Gasteiger partial charge in [0, 0.05) is 92.8 Å². The first kappa shape index (κ1) is 62.6. The number of fused-ring (bicyclic) bond motifs is 21. The first-order valence-electron chi connectivity index (χ1n) is 38.8. The van der Waals surface area contributed by atoms with Crippen LogP contribution in [0.25, 0.3) is 214 Å². The number of rotatable bonds is 9. The first-order valence-corrected chi connectivity index (χ1v) is 38.8. The first-order chi connectivity index (χ1) is 56.4. The molecule has 25 rings (SSSR count). The highest BCUT2D eigenvalue weighted by atomic mass is 16.3. The topological polar surface area (TPSA) is 91.0 Å². The lowest BCUT2D eigenvalue weighted by molar-refractivity contribution is 0.668. The van der Waals surface area contributed by atoms with E-state index in [1.807, 2.05) is 36.4 Å². The van der Waals surface area contributed by atoms with E-state index in [9.17, 15) is 0 Å². The molecule has 0 spiro atoms. The van der Waals surface area contributed by atoms with Crippen LogP contribution in [0.1, 0.15) is 22.9 Å². The van der Waals surface area contributed by atoms with Crippen molar-refractivity contribution in [2.45, 2.75) is 6.17 Å². The number of hydrogen-bond donors (Lipinski definition) is 1. The second-order valence-corrected chi connectivity index (χ2v) is 30.4. The zero-order valence-electron chi connectivity index (χ0n) is 61.2. The van der Waals surface area contributed by atoms with Gasteiger partial charge in [-0.25, -0.2) is 9.98 Å². The standard InChI is InChI=1S/C105H62N6O3/c1-7-19-91-79(13-1)82-43-34-67(70-37-46-88-85-16-4-10-22-97(85)112-100(88)58-70)55-94(82)109(91)76-40-31-61-49-73(28-25-64(61)52-76)103-106-104(74-29-26-65-53-77(41-32-62(65)50-74)110-92-20-8-2-14-80(92)83-44-35-68(56-95(83)110)71-38-47-89-86-17-5-11-23-98(86)113-101(89)59-71)108-105(107-103)75-30-27-66-54-78(42-33-63(66)51-75)111-93-21-9-3-15-81(93)84-45-36-69(57-96(84)111)72-39-48-90-87-18-6-12-24-99(87)114-102(90)60-72/h1-60,103H,(H,106,107,108). The van der Waals surface area contributed by atoms with Crippen molar-refractivity contribution in [3.05, 3.63) is 381 Å². The van der Waals surface area contributed by atoms with Crippen LogP contribution in [0.4, 0.5) is 0 Å². The molecule has 0 aliphatic carbocycles. The van der Waals surface area contributed by atoms with E-state index in [4.69, 9.17) is 23.2 Å². The molecule has 6 aromatic heterocycles. The monoisotopic (exact) mass is 1450 g/mol. The number of furan rings is 3. The summed E-state index contributed by atoms with van der Waals surface area (Å²) in [5, 5.41) is 24.4. The Hall–Kier alpha value is -15.3. The average molecular weight is 1460 g/mol. The summed E-state index contributed by atoms with van der Waals surface area (Å²) in [7, 11) is 0. The molecule has 0 radical (unpaired) electrons. The molecule has 24 aromatic rings. The molecule has 0 saturated carbocycles. The zero-order chi connectivity index (χ0) is 74.4. The number of para-hydroxylation sites is 6. The third-order valence-electron chi connectivity index (χ3n) is 24.0. The van der Waals surface area contributed by atoms with Gasteiger partial charge in [0.05, 0.1) is 33.1 Å². The minimum Gasteiger partial charge on any atom is -0.456 e. The van der Waals surface area contributed by atoms with Gasteiger partial charge in [-0.2, -0.15) is 0 Å². The molecule has 530 valence electrons. The van der Waals surface area contributed by atoms with Crippen molar-refractivity contribution in [1.82, 2.24) is 19.0 Å². The Morgan fingerprint density at radius 1 is 0.219 bits per heavy atom. The molecule has 114 heavy (non-hydrogen) atoms. The van der Waals surface area contributed by atoms with E-state index in [0.29, 0.717) is 5.84 Å². The summed E-state index contributed by atoms with van der Waals surface area (Å²) in [6, 6.07) is 132. The summed E-state index contributed by atoms with van der Waals surface area (Å²) in [6.07, 6.45) is -0.482. The molecule has 7 heterocycles. The summed E-state index contributed by atoms with van der Waals surface area (Å²) in [5.74, 6) is 1.39. The number of amidine groups is 2. The Labute approximate surface area is 650 Å². The lowest BCUT2D eigenvalue weighted by Crippen LogP contribution is -2.33. The molecule has 0 fully saturated rings. The van der Waals surface area contributed by atoms with E-state index in [2.05, 4.69) is 347 Å². The van der Waals surface area contributed by atoms with Gasteiger partial charge in [-0.05, 0) is 217 Å². The smallest absolute Gasteiger partial charge is 0.159 e. The highest BCUT2D eigenvalue weighted by molar-refractivity contribution is 6.18. The maximum absolute atomic E-state index is 6.39. The van der Waals surface area contributed by atoms with E-state index < -0.39 is 6.17 Å². The van der Waals surface area contributed by atoms with E-state index in [1.54, 1.807) is 0 Å². The van der Waals surface area contributed by atoms with Crippen LogP contribution in [-0.2, 0) is 0 Å². The van der Waals surface area contributed by atoms with E-state index in [-0.39, 0.29) is 0 Å². The number of nitrogens with one attached hydrogen (secondary N) is 1. The van der Waals surface area contributed by atoms with Crippen molar-refractivity contribution in [2.24, 2.45) is 9.98 Å². The van der Waals surface area contributed by atoms with Crippen molar-refractivity contribution >= 4 is 175 Å². The van der Waals surface area contributed by atoms with Crippen LogP contribution < -0.4 is 5.32 Å². The number of aromatic nitrogens is 3. The fourth-order valence-corrected chi connectivity index (χ4v) is 18.5. The Bertz CT molecular complexity index is 8380. The lowest BCUT2D eigenvalue weighted by atomic mass is 10.0. The quantitative estimate of drug-likeness (QED) is 0.156. The molecule has 1 unspecified atom stereocenters. The van der Waals surface area contributed by atoms with E-state index in [1.165, 1.54) is 32.3 Å². The van der Waals surface area contributed by atoms with Gasteiger partial charge < -0.3 is 32.3 Å². The van der Waals surface area contributed by atoms with Gasteiger partial charge in [0.15, 0.2) is 5.84 Å². The van der Waals surface area contributed by atoms with Crippen LogP contribution in [0.2, 0.25) is 0 Å². The van der Waals surface area contributed by atoms with Gasteiger partial charge in [-0.3, -0.25) is 0 Å². The second-order valence-electron chi connectivity index (χ2n) is 30.4. The predicted octanol–water partition coefficient (Wildman–Crippen LogP) is 27.6. The summed E-state index contributed by atoms with van der Waals surface area (Å²) in [6.45, 7) is 0. The Morgan fingerprint density at radius 3 is 0.939 bits per heavy atom. The van der Waals surface area contributed by atoms with Gasteiger partial charge in [0.2, 0.25) is 0 Å². The lowest BCUT2D eigenvalue weighted by Gasteiger charge is -2.24. The van der Waals surface area contributed by atoms with Crippen LogP contribution in [0.5, 0.6) is 0 Å². The molecule has 9 heteroatoms. The minimum absolute atomic E-state index is 0.482. The van der Waals surface area contributed by atoms with Crippen LogP contribution in [0, 0.1) is 0 Å². The largest absolute Gasteiger partial charge is 0.456 e. The Morgan fingerprint density at radius 2 is 0.518 bits per heavy atom. The zero-order valence-corrected chi connectivity index (χ0v) is 61.2. The van der Waals surface area contributed by atoms with Crippen molar-refractivity contribution < 1.29 is 13.3 Å². The van der Waals surface area contributed by atoms with Gasteiger partial charge in [-0.1, -0.05) is 218 Å². The SMILES string of the molecule is c1ccc2c(c1)oc1cc(-c3ccc4c5ccccc5n(-c5ccc6cc(C7=NC(c8ccc9cc(-n%10c%11ccccc%11c%11ccc(-c%12ccc%13c(c%12)oc%12ccccc%12%13)cc%11%10)ccc9c8)NC(c8ccc9cc(-n%10c%11ccccc%11c%11ccc(-c%12ccc%13c(c%12)oc%12ccccc%12%13)cc%11%10)ccc9c8)=N7)ccc6c5)c4c3)ccc12. The van der Waals surface area contributed by atoms with E-state index in [0.717, 1.165) is 204 Å². The van der Waals surface area contributed by atoms with Crippen LogP contribution in [0.15, 0.2) is 387 Å². The maximum Gasteiger partial charge on any atom is 0.159 e. The molecular formula is C105H62N6O3. The second kappa shape index (κ2) is 24.1. The number of benzene rings is 18. The van der Waals surface area contributed by atoms with E-state index >= 15 is 0 Å². The summed E-state index contributed by atoms with van der Waals surface area (Å²) >= 11 is 0. The van der Waals surface area contributed by atoms with Crippen molar-refractivity contribution in [3.8, 4) is 50.4 Å². The fourth-order valence-electron chi connectivity index (χ4n) is 18.5. The molecule has 1 atom stereocenters. The summed E-state index contributed by atoms with van der Waals surface area (Å²) in [5.41, 5.74) is 25.0. The van der Waals surface area contributed by atoms with Crippen molar-refractivity contribution in [3.63, 3.8) is 0 Å². The maximum atomic E-state index is 6.39. The predicted molar refractivity (Wildman–Crippen MR) is 472 cm³/mol. The Kier molecular flexibility index (Phi) is 13.2. The molecule has 0 saturated heterocycles. The number of aliphatic imine (C=N–C) groups is 2. The molecule has 1 N–H and O–H groups in total. The highest BCUT2D eigenvalue weighted by Crippen LogP contribution is 2.44. The summed E-state index contributed by atoms with van der Waals surface area (Å²) < 4.78 is 26.4. The molecule has 9 nitrogen and oxygen atoms in total.